The lowest BCUT2D eigenvalue weighted by atomic mass is 10.0. The molecule has 2 aromatic rings. The molecule has 96 valence electrons. The zero-order chi connectivity index (χ0) is 12.8. The average molecular weight is 243 g/mol. The summed E-state index contributed by atoms with van der Waals surface area (Å²) in [7, 11) is 0. The molecule has 1 unspecified atom stereocenters. The summed E-state index contributed by atoms with van der Waals surface area (Å²) >= 11 is 0. The minimum absolute atomic E-state index is 0.377. The van der Waals surface area contributed by atoms with Crippen LogP contribution in [0.1, 0.15) is 37.6 Å². The van der Waals surface area contributed by atoms with E-state index in [1.54, 1.807) is 0 Å². The largest absolute Gasteiger partial charge is 0.326 e. The predicted molar refractivity (Wildman–Crippen MR) is 74.5 cm³/mol. The number of imidazole rings is 1. The third-order valence-electron chi connectivity index (χ3n) is 3.21. The van der Waals surface area contributed by atoms with Crippen molar-refractivity contribution < 1.29 is 0 Å². The first-order chi connectivity index (χ1) is 8.86. The number of aromatic nitrogens is 2. The van der Waals surface area contributed by atoms with E-state index in [9.17, 15) is 0 Å². The van der Waals surface area contributed by atoms with Gasteiger partial charge in [-0.15, -0.1) is 0 Å². The van der Waals surface area contributed by atoms with Crippen LogP contribution in [-0.4, -0.2) is 16.1 Å². The highest BCUT2D eigenvalue weighted by Gasteiger charge is 2.13. The molecule has 18 heavy (non-hydrogen) atoms. The molecule has 0 radical (unpaired) electrons. The molecule has 0 spiro atoms. The van der Waals surface area contributed by atoms with E-state index in [2.05, 4.69) is 59.0 Å². The second kappa shape index (κ2) is 6.36. The smallest absolute Gasteiger partial charge is 0.0954 e. The number of benzene rings is 1. The molecule has 0 aliphatic heterocycles. The summed E-state index contributed by atoms with van der Waals surface area (Å²) in [5, 5.41) is 3.36. The number of nitrogens with zero attached hydrogens (tertiary/aromatic N) is 2. The Labute approximate surface area is 109 Å². The van der Waals surface area contributed by atoms with Crippen LogP contribution in [0.4, 0.5) is 0 Å². The number of nitrogens with one attached hydrogen (secondary N) is 1. The molecule has 0 aliphatic rings. The van der Waals surface area contributed by atoms with Crippen molar-refractivity contribution in [3.8, 4) is 0 Å². The molecule has 0 fully saturated rings. The quantitative estimate of drug-likeness (QED) is 0.845. The van der Waals surface area contributed by atoms with E-state index in [0.29, 0.717) is 6.04 Å². The zero-order valence-electron chi connectivity index (χ0n) is 11.1. The van der Waals surface area contributed by atoms with E-state index in [1.165, 1.54) is 11.3 Å². The summed E-state index contributed by atoms with van der Waals surface area (Å²) in [5.74, 6) is 0. The van der Waals surface area contributed by atoms with Crippen LogP contribution < -0.4 is 5.32 Å². The second-order valence-corrected chi connectivity index (χ2v) is 4.41. The molecule has 2 rings (SSSR count). The monoisotopic (exact) mass is 243 g/mol. The summed E-state index contributed by atoms with van der Waals surface area (Å²) in [4.78, 5) is 4.29. The topological polar surface area (TPSA) is 29.9 Å². The second-order valence-electron chi connectivity index (χ2n) is 4.41. The molecule has 1 heterocycles. The van der Waals surface area contributed by atoms with E-state index >= 15 is 0 Å². The standard InChI is InChI=1S/C15H21N3/c1-3-15(13-8-6-5-7-9-13)18-12-17-11-14(18)10-16-4-2/h5-9,11-12,15-16H,3-4,10H2,1-2H3. The first-order valence-electron chi connectivity index (χ1n) is 6.63. The van der Waals surface area contributed by atoms with Crippen molar-refractivity contribution in [3.63, 3.8) is 0 Å². The Hall–Kier alpha value is -1.61. The minimum Gasteiger partial charge on any atom is -0.326 e. The third kappa shape index (κ3) is 2.79. The first kappa shape index (κ1) is 12.8. The summed E-state index contributed by atoms with van der Waals surface area (Å²) < 4.78 is 2.28. The lowest BCUT2D eigenvalue weighted by Gasteiger charge is -2.20. The molecule has 1 N–H and O–H groups in total. The summed E-state index contributed by atoms with van der Waals surface area (Å²) in [6.07, 6.45) is 4.96. The molecule has 1 atom stereocenters. The summed E-state index contributed by atoms with van der Waals surface area (Å²) in [5.41, 5.74) is 2.59. The molecule has 1 aromatic heterocycles. The van der Waals surface area contributed by atoms with Gasteiger partial charge in [0.15, 0.2) is 0 Å². The highest BCUT2D eigenvalue weighted by Crippen LogP contribution is 2.23. The average Bonchev–Trinajstić information content (AvgIpc) is 2.87. The Balaban J connectivity index is 2.25. The van der Waals surface area contributed by atoms with Gasteiger partial charge < -0.3 is 9.88 Å². The van der Waals surface area contributed by atoms with Crippen LogP contribution in [0.3, 0.4) is 0 Å². The molecule has 0 amide bonds. The maximum absolute atomic E-state index is 4.29. The fourth-order valence-corrected chi connectivity index (χ4v) is 2.27. The van der Waals surface area contributed by atoms with E-state index < -0.39 is 0 Å². The van der Waals surface area contributed by atoms with E-state index in [-0.39, 0.29) is 0 Å². The fraction of sp³-hybridized carbons (Fsp3) is 0.400. The van der Waals surface area contributed by atoms with E-state index in [4.69, 9.17) is 0 Å². The molecule has 3 heteroatoms. The molecule has 0 saturated heterocycles. The maximum atomic E-state index is 4.29. The van der Waals surface area contributed by atoms with Gasteiger partial charge in [0.05, 0.1) is 18.1 Å². The van der Waals surface area contributed by atoms with Crippen molar-refractivity contribution in [2.75, 3.05) is 6.54 Å². The first-order valence-corrected chi connectivity index (χ1v) is 6.63. The van der Waals surface area contributed by atoms with Gasteiger partial charge in [-0.1, -0.05) is 44.2 Å². The molecular formula is C15H21N3. The lowest BCUT2D eigenvalue weighted by molar-refractivity contribution is 0.532. The highest BCUT2D eigenvalue weighted by atomic mass is 15.1. The van der Waals surface area contributed by atoms with Crippen LogP contribution in [0.5, 0.6) is 0 Å². The van der Waals surface area contributed by atoms with Crippen LogP contribution in [-0.2, 0) is 6.54 Å². The minimum atomic E-state index is 0.377. The van der Waals surface area contributed by atoms with Crippen molar-refractivity contribution in [1.29, 1.82) is 0 Å². The third-order valence-corrected chi connectivity index (χ3v) is 3.21. The maximum Gasteiger partial charge on any atom is 0.0954 e. The predicted octanol–water partition coefficient (Wildman–Crippen LogP) is 2.99. The van der Waals surface area contributed by atoms with Gasteiger partial charge in [-0.05, 0) is 18.5 Å². The van der Waals surface area contributed by atoms with Crippen molar-refractivity contribution >= 4 is 0 Å². The van der Waals surface area contributed by atoms with Crippen LogP contribution in [0, 0.1) is 0 Å². The molecule has 3 nitrogen and oxygen atoms in total. The Kier molecular flexibility index (Phi) is 4.53. The Morgan fingerprint density at radius 3 is 2.67 bits per heavy atom. The van der Waals surface area contributed by atoms with Crippen LogP contribution in [0.2, 0.25) is 0 Å². The highest BCUT2D eigenvalue weighted by molar-refractivity contribution is 5.21. The Morgan fingerprint density at radius 1 is 1.22 bits per heavy atom. The van der Waals surface area contributed by atoms with Gasteiger partial charge in [0, 0.05) is 12.7 Å². The molecule has 0 saturated carbocycles. The normalized spacial score (nSPS) is 12.6. The molecule has 0 aliphatic carbocycles. The van der Waals surface area contributed by atoms with Gasteiger partial charge in [0.25, 0.3) is 0 Å². The summed E-state index contributed by atoms with van der Waals surface area (Å²) in [6, 6.07) is 11.0. The number of hydrogen-bond donors (Lipinski definition) is 1. The van der Waals surface area contributed by atoms with Gasteiger partial charge in [0.1, 0.15) is 0 Å². The Morgan fingerprint density at radius 2 is 2.00 bits per heavy atom. The Bertz CT molecular complexity index is 462. The van der Waals surface area contributed by atoms with E-state index in [1.807, 2.05) is 12.5 Å². The van der Waals surface area contributed by atoms with Crippen molar-refractivity contribution in [2.45, 2.75) is 32.9 Å². The van der Waals surface area contributed by atoms with Crippen LogP contribution >= 0.6 is 0 Å². The van der Waals surface area contributed by atoms with Crippen molar-refractivity contribution in [1.82, 2.24) is 14.9 Å². The number of hydrogen-bond acceptors (Lipinski definition) is 2. The number of rotatable bonds is 6. The van der Waals surface area contributed by atoms with Crippen LogP contribution in [0.25, 0.3) is 0 Å². The molecule has 0 bridgehead atoms. The van der Waals surface area contributed by atoms with E-state index in [0.717, 1.165) is 19.5 Å². The fourth-order valence-electron chi connectivity index (χ4n) is 2.27. The van der Waals surface area contributed by atoms with Gasteiger partial charge >= 0.3 is 0 Å². The molecule has 1 aromatic carbocycles. The zero-order valence-corrected chi connectivity index (χ0v) is 11.1. The van der Waals surface area contributed by atoms with Crippen molar-refractivity contribution in [3.05, 3.63) is 54.1 Å². The molecular weight excluding hydrogens is 222 g/mol. The van der Waals surface area contributed by atoms with Gasteiger partial charge in [-0.2, -0.15) is 0 Å². The lowest BCUT2D eigenvalue weighted by Crippen LogP contribution is -2.18. The van der Waals surface area contributed by atoms with Crippen molar-refractivity contribution in [2.24, 2.45) is 0 Å². The van der Waals surface area contributed by atoms with Crippen LogP contribution in [0.15, 0.2) is 42.9 Å². The summed E-state index contributed by atoms with van der Waals surface area (Å²) in [6.45, 7) is 6.19. The van der Waals surface area contributed by atoms with Gasteiger partial charge in [-0.25, -0.2) is 4.98 Å². The SMILES string of the molecule is CCNCc1cncn1C(CC)c1ccccc1. The van der Waals surface area contributed by atoms with Gasteiger partial charge in [0.2, 0.25) is 0 Å². The van der Waals surface area contributed by atoms with Gasteiger partial charge in [-0.3, -0.25) is 0 Å².